The molecule has 0 spiro atoms. The number of hydrogen-bond acceptors (Lipinski definition) is 3. The molecule has 160 valence electrons. The van der Waals surface area contributed by atoms with Crippen LogP contribution in [0, 0.1) is 0 Å². The van der Waals surface area contributed by atoms with Crippen molar-refractivity contribution in [1.29, 1.82) is 0 Å². The van der Waals surface area contributed by atoms with Crippen LogP contribution in [0.2, 0.25) is 0 Å². The summed E-state index contributed by atoms with van der Waals surface area (Å²) in [7, 11) is 0. The van der Waals surface area contributed by atoms with E-state index in [0.717, 1.165) is 30.0 Å². The number of hydrogen-bond donors (Lipinski definition) is 1. The summed E-state index contributed by atoms with van der Waals surface area (Å²) in [6, 6.07) is 29.9. The molecule has 3 aromatic carbocycles. The number of aromatic nitrogens is 1. The third kappa shape index (κ3) is 5.13. The van der Waals surface area contributed by atoms with E-state index in [9.17, 15) is 4.79 Å². The van der Waals surface area contributed by atoms with Gasteiger partial charge in [0.15, 0.2) is 0 Å². The third-order valence-corrected chi connectivity index (χ3v) is 5.27. The predicted molar refractivity (Wildman–Crippen MR) is 130 cm³/mol. The van der Waals surface area contributed by atoms with E-state index in [-0.39, 0.29) is 5.91 Å². The lowest BCUT2D eigenvalue weighted by Crippen LogP contribution is -2.21. The summed E-state index contributed by atoms with van der Waals surface area (Å²) in [6.45, 7) is 3.93. The molecule has 0 saturated heterocycles. The summed E-state index contributed by atoms with van der Waals surface area (Å²) < 4.78 is 1.91. The summed E-state index contributed by atoms with van der Waals surface area (Å²) in [4.78, 5) is 15.0. The number of nitrogens with one attached hydrogen (secondary N) is 1. The van der Waals surface area contributed by atoms with Crippen molar-refractivity contribution in [1.82, 2.24) is 9.99 Å². The van der Waals surface area contributed by atoms with Crippen LogP contribution in [0.4, 0.5) is 5.69 Å². The minimum Gasteiger partial charge on any atom is -0.367 e. The van der Waals surface area contributed by atoms with Gasteiger partial charge in [-0.15, -0.1) is 0 Å². The Bertz CT molecular complexity index is 1170. The van der Waals surface area contributed by atoms with Gasteiger partial charge in [-0.25, -0.2) is 5.43 Å². The van der Waals surface area contributed by atoms with E-state index in [4.69, 9.17) is 0 Å². The van der Waals surface area contributed by atoms with Crippen molar-refractivity contribution in [2.45, 2.75) is 13.5 Å². The fraction of sp³-hybridized carbons (Fsp3) is 0.111. The van der Waals surface area contributed by atoms with Crippen LogP contribution in [0.1, 0.15) is 28.4 Å². The first-order chi connectivity index (χ1) is 15.7. The molecule has 4 aromatic rings. The number of anilines is 1. The van der Waals surface area contributed by atoms with Crippen LogP contribution in [0.25, 0.3) is 5.69 Å². The Morgan fingerprint density at radius 3 is 2.31 bits per heavy atom. The Hall–Kier alpha value is -4.12. The average molecular weight is 423 g/mol. The molecule has 0 aliphatic heterocycles. The molecule has 4 rings (SSSR count). The van der Waals surface area contributed by atoms with Crippen molar-refractivity contribution in [3.05, 3.63) is 120 Å². The molecule has 0 aliphatic carbocycles. The standard InChI is InChI=1S/C27H26N4O/c1-2-30(21-23-10-4-3-5-11-23)24-16-14-22(15-17-24)20-28-29-27(32)25-12-6-7-13-26(25)31-18-8-9-19-31/h3-20H,2,21H2,1H3,(H,29,32)/b28-20-. The van der Waals surface area contributed by atoms with Crippen molar-refractivity contribution < 1.29 is 4.79 Å². The SMILES string of the molecule is CCN(Cc1ccccc1)c1ccc(/C=N\NC(=O)c2ccccc2-n2cccc2)cc1. The summed E-state index contributed by atoms with van der Waals surface area (Å²) in [5.41, 5.74) is 7.37. The normalized spacial score (nSPS) is 10.9. The van der Waals surface area contributed by atoms with Crippen molar-refractivity contribution >= 4 is 17.8 Å². The van der Waals surface area contributed by atoms with Crippen LogP contribution in [-0.2, 0) is 6.54 Å². The molecule has 1 N–H and O–H groups in total. The highest BCUT2D eigenvalue weighted by atomic mass is 16.2. The lowest BCUT2D eigenvalue weighted by atomic mass is 10.1. The molecule has 5 heteroatoms. The van der Waals surface area contributed by atoms with Gasteiger partial charge < -0.3 is 9.47 Å². The second-order valence-electron chi connectivity index (χ2n) is 7.40. The zero-order chi connectivity index (χ0) is 22.2. The minimum atomic E-state index is -0.248. The molecule has 5 nitrogen and oxygen atoms in total. The average Bonchev–Trinajstić information content (AvgIpc) is 3.39. The molecule has 0 atom stereocenters. The molecular formula is C27H26N4O. The number of nitrogens with zero attached hydrogens (tertiary/aromatic N) is 3. The number of para-hydroxylation sites is 1. The molecule has 1 heterocycles. The number of hydrazone groups is 1. The summed E-state index contributed by atoms with van der Waals surface area (Å²) in [6.07, 6.45) is 5.48. The van der Waals surface area contributed by atoms with E-state index in [1.165, 1.54) is 5.56 Å². The second kappa shape index (κ2) is 10.3. The van der Waals surface area contributed by atoms with E-state index in [1.807, 2.05) is 65.5 Å². The van der Waals surface area contributed by atoms with Gasteiger partial charge in [-0.05, 0) is 54.4 Å². The second-order valence-corrected chi connectivity index (χ2v) is 7.40. The van der Waals surface area contributed by atoms with Crippen LogP contribution >= 0.6 is 0 Å². The number of carbonyl (C=O) groups is 1. The van der Waals surface area contributed by atoms with Gasteiger partial charge in [0.25, 0.3) is 5.91 Å². The summed E-state index contributed by atoms with van der Waals surface area (Å²) in [5.74, 6) is -0.248. The quantitative estimate of drug-likeness (QED) is 0.311. The van der Waals surface area contributed by atoms with Crippen molar-refractivity contribution in [2.75, 3.05) is 11.4 Å². The molecule has 0 bridgehead atoms. The highest BCUT2D eigenvalue weighted by Gasteiger charge is 2.11. The van der Waals surface area contributed by atoms with E-state index >= 15 is 0 Å². The van der Waals surface area contributed by atoms with Gasteiger partial charge in [0.1, 0.15) is 0 Å². The van der Waals surface area contributed by atoms with Crippen LogP contribution < -0.4 is 10.3 Å². The molecule has 0 radical (unpaired) electrons. The summed E-state index contributed by atoms with van der Waals surface area (Å²) >= 11 is 0. The number of benzene rings is 3. The van der Waals surface area contributed by atoms with E-state index in [0.29, 0.717) is 5.56 Å². The Balaban J connectivity index is 1.40. The maximum Gasteiger partial charge on any atom is 0.273 e. The topological polar surface area (TPSA) is 49.6 Å². The van der Waals surface area contributed by atoms with Gasteiger partial charge >= 0.3 is 0 Å². The van der Waals surface area contributed by atoms with E-state index in [2.05, 4.69) is 58.7 Å². The highest BCUT2D eigenvalue weighted by molar-refractivity contribution is 5.98. The van der Waals surface area contributed by atoms with Crippen LogP contribution in [-0.4, -0.2) is 23.2 Å². The highest BCUT2D eigenvalue weighted by Crippen LogP contribution is 2.18. The maximum atomic E-state index is 12.7. The first kappa shape index (κ1) is 21.1. The number of amides is 1. The smallest absolute Gasteiger partial charge is 0.273 e. The predicted octanol–water partition coefficient (Wildman–Crippen LogP) is 5.27. The lowest BCUT2D eigenvalue weighted by molar-refractivity contribution is 0.0955. The fourth-order valence-electron chi connectivity index (χ4n) is 3.57. The Morgan fingerprint density at radius 2 is 1.59 bits per heavy atom. The molecule has 1 aromatic heterocycles. The van der Waals surface area contributed by atoms with Gasteiger partial charge in [-0.3, -0.25) is 4.79 Å². The lowest BCUT2D eigenvalue weighted by Gasteiger charge is -2.23. The van der Waals surface area contributed by atoms with Crippen LogP contribution in [0.5, 0.6) is 0 Å². The number of carbonyl (C=O) groups excluding carboxylic acids is 1. The van der Waals surface area contributed by atoms with Crippen molar-refractivity contribution in [3.63, 3.8) is 0 Å². The van der Waals surface area contributed by atoms with E-state index in [1.54, 1.807) is 12.3 Å². The molecule has 1 amide bonds. The molecular weight excluding hydrogens is 396 g/mol. The van der Waals surface area contributed by atoms with Crippen LogP contribution in [0.3, 0.4) is 0 Å². The fourth-order valence-corrected chi connectivity index (χ4v) is 3.57. The third-order valence-electron chi connectivity index (χ3n) is 5.27. The monoisotopic (exact) mass is 422 g/mol. The molecule has 0 fully saturated rings. The Kier molecular flexibility index (Phi) is 6.78. The number of rotatable bonds is 8. The van der Waals surface area contributed by atoms with Gasteiger partial charge in [0.2, 0.25) is 0 Å². The Morgan fingerprint density at radius 1 is 0.906 bits per heavy atom. The van der Waals surface area contributed by atoms with Crippen LogP contribution in [0.15, 0.2) is 108 Å². The zero-order valence-corrected chi connectivity index (χ0v) is 18.1. The minimum absolute atomic E-state index is 0.248. The first-order valence-corrected chi connectivity index (χ1v) is 10.7. The van der Waals surface area contributed by atoms with Gasteiger partial charge in [0, 0.05) is 31.2 Å². The van der Waals surface area contributed by atoms with E-state index < -0.39 is 0 Å². The molecule has 0 aliphatic rings. The van der Waals surface area contributed by atoms with Gasteiger partial charge in [-0.1, -0.05) is 54.6 Å². The molecule has 0 unspecified atom stereocenters. The largest absolute Gasteiger partial charge is 0.367 e. The maximum absolute atomic E-state index is 12.7. The molecule has 32 heavy (non-hydrogen) atoms. The Labute approximate surface area is 188 Å². The van der Waals surface area contributed by atoms with Crippen molar-refractivity contribution in [3.8, 4) is 5.69 Å². The molecule has 0 saturated carbocycles. The summed E-state index contributed by atoms with van der Waals surface area (Å²) in [5, 5.41) is 4.16. The van der Waals surface area contributed by atoms with Gasteiger partial charge in [-0.2, -0.15) is 5.10 Å². The zero-order valence-electron chi connectivity index (χ0n) is 18.1. The van der Waals surface area contributed by atoms with Crippen molar-refractivity contribution in [2.24, 2.45) is 5.10 Å². The van der Waals surface area contributed by atoms with Gasteiger partial charge in [0.05, 0.1) is 17.5 Å². The first-order valence-electron chi connectivity index (χ1n) is 10.7.